The van der Waals surface area contributed by atoms with Crippen molar-refractivity contribution in [2.24, 2.45) is 7.05 Å². The lowest BCUT2D eigenvalue weighted by molar-refractivity contribution is 0.103. The van der Waals surface area contributed by atoms with E-state index in [1.54, 1.807) is 4.57 Å². The summed E-state index contributed by atoms with van der Waals surface area (Å²) in [6, 6.07) is 12.1. The lowest BCUT2D eigenvalue weighted by Gasteiger charge is -2.34. The summed E-state index contributed by atoms with van der Waals surface area (Å²) in [7, 11) is 1.84. The maximum atomic E-state index is 12.6. The van der Waals surface area contributed by atoms with E-state index in [-0.39, 0.29) is 5.69 Å². The van der Waals surface area contributed by atoms with Gasteiger partial charge in [0.05, 0.1) is 17.7 Å². The van der Waals surface area contributed by atoms with Crippen molar-refractivity contribution < 1.29 is 0 Å². The van der Waals surface area contributed by atoms with E-state index in [1.165, 1.54) is 5.56 Å². The van der Waals surface area contributed by atoms with Gasteiger partial charge in [-0.1, -0.05) is 12.1 Å². The molecule has 0 saturated carbocycles. The lowest BCUT2D eigenvalue weighted by Crippen LogP contribution is -2.47. The highest BCUT2D eigenvalue weighted by molar-refractivity contribution is 5.75. The first-order valence-electron chi connectivity index (χ1n) is 8.70. The average Bonchev–Trinajstić information content (AvgIpc) is 2.89. The summed E-state index contributed by atoms with van der Waals surface area (Å²) in [5.41, 5.74) is 3.35. The molecule has 1 aromatic carbocycles. The van der Waals surface area contributed by atoms with Gasteiger partial charge in [0.1, 0.15) is 0 Å². The SMILES string of the molecule is Cn1c(=O)n(CN2CCN(Cc3ccncc3)CC2)c2ccccc21. The second-order valence-electron chi connectivity index (χ2n) is 6.65. The highest BCUT2D eigenvalue weighted by Crippen LogP contribution is 2.13. The van der Waals surface area contributed by atoms with E-state index in [1.807, 2.05) is 48.3 Å². The zero-order valence-electron chi connectivity index (χ0n) is 14.5. The molecule has 0 aliphatic carbocycles. The van der Waals surface area contributed by atoms with Crippen LogP contribution in [0.4, 0.5) is 0 Å². The minimum atomic E-state index is 0.0559. The van der Waals surface area contributed by atoms with E-state index in [4.69, 9.17) is 0 Å². The summed E-state index contributed by atoms with van der Waals surface area (Å²) < 4.78 is 3.61. The fourth-order valence-corrected chi connectivity index (χ4v) is 3.54. The number of para-hydroxylation sites is 2. The van der Waals surface area contributed by atoms with Crippen LogP contribution in [0.3, 0.4) is 0 Å². The molecular weight excluding hydrogens is 314 g/mol. The molecule has 6 nitrogen and oxygen atoms in total. The molecule has 3 heterocycles. The molecule has 1 saturated heterocycles. The van der Waals surface area contributed by atoms with Crippen molar-refractivity contribution in [3.63, 3.8) is 0 Å². The summed E-state index contributed by atoms with van der Waals surface area (Å²) in [6.45, 7) is 5.60. The Morgan fingerprint density at radius 1 is 0.920 bits per heavy atom. The molecule has 1 fully saturated rings. The summed E-state index contributed by atoms with van der Waals surface area (Å²) in [6.07, 6.45) is 3.69. The molecule has 2 aromatic heterocycles. The van der Waals surface area contributed by atoms with Gasteiger partial charge in [-0.05, 0) is 29.8 Å². The standard InChI is InChI=1S/C19H23N5O/c1-21-17-4-2-3-5-18(17)24(19(21)25)15-23-12-10-22(11-13-23)14-16-6-8-20-9-7-16/h2-9H,10-15H2,1H3. The Labute approximate surface area is 146 Å². The maximum Gasteiger partial charge on any atom is 0.329 e. The number of hydrogen-bond donors (Lipinski definition) is 0. The molecule has 1 aliphatic rings. The van der Waals surface area contributed by atoms with Crippen LogP contribution >= 0.6 is 0 Å². The molecule has 3 aromatic rings. The third kappa shape index (κ3) is 3.23. The van der Waals surface area contributed by atoms with Gasteiger partial charge in [-0.3, -0.25) is 23.9 Å². The lowest BCUT2D eigenvalue weighted by atomic mass is 10.2. The zero-order valence-corrected chi connectivity index (χ0v) is 14.5. The van der Waals surface area contributed by atoms with E-state index in [9.17, 15) is 4.79 Å². The molecule has 0 spiro atoms. The van der Waals surface area contributed by atoms with Crippen molar-refractivity contribution in [3.05, 3.63) is 64.8 Å². The van der Waals surface area contributed by atoms with Gasteiger partial charge in [-0.2, -0.15) is 0 Å². The minimum Gasteiger partial charge on any atom is -0.297 e. The summed E-state index contributed by atoms with van der Waals surface area (Å²) in [5, 5.41) is 0. The zero-order chi connectivity index (χ0) is 17.2. The second kappa shape index (κ2) is 6.82. The Balaban J connectivity index is 1.43. The van der Waals surface area contributed by atoms with Gasteiger partial charge in [-0.25, -0.2) is 4.79 Å². The fourth-order valence-electron chi connectivity index (χ4n) is 3.54. The molecule has 0 atom stereocenters. The van der Waals surface area contributed by atoms with E-state index in [0.29, 0.717) is 6.67 Å². The van der Waals surface area contributed by atoms with Gasteiger partial charge in [0.25, 0.3) is 0 Å². The number of hydrogen-bond acceptors (Lipinski definition) is 4. The third-order valence-electron chi connectivity index (χ3n) is 5.01. The molecule has 0 amide bonds. The monoisotopic (exact) mass is 337 g/mol. The van der Waals surface area contributed by atoms with E-state index in [2.05, 4.69) is 26.9 Å². The Hall–Kier alpha value is -2.44. The van der Waals surface area contributed by atoms with E-state index >= 15 is 0 Å². The van der Waals surface area contributed by atoms with Crippen molar-refractivity contribution in [2.45, 2.75) is 13.2 Å². The smallest absolute Gasteiger partial charge is 0.297 e. The fraction of sp³-hybridized carbons (Fsp3) is 0.368. The first kappa shape index (κ1) is 16.1. The molecule has 0 bridgehead atoms. The molecule has 130 valence electrons. The van der Waals surface area contributed by atoms with Crippen LogP contribution in [0.2, 0.25) is 0 Å². The number of piperazine rings is 1. The molecular formula is C19H23N5O. The molecule has 0 radical (unpaired) electrons. The maximum absolute atomic E-state index is 12.6. The predicted octanol–water partition coefficient (Wildman–Crippen LogP) is 1.51. The summed E-state index contributed by atoms with van der Waals surface area (Å²) in [4.78, 5) is 21.4. The van der Waals surface area contributed by atoms with Crippen LogP contribution in [-0.4, -0.2) is 50.1 Å². The van der Waals surface area contributed by atoms with Crippen LogP contribution in [0.1, 0.15) is 5.56 Å². The van der Waals surface area contributed by atoms with Crippen molar-refractivity contribution in [1.29, 1.82) is 0 Å². The predicted molar refractivity (Wildman–Crippen MR) is 98.3 cm³/mol. The number of benzene rings is 1. The molecule has 25 heavy (non-hydrogen) atoms. The van der Waals surface area contributed by atoms with Gasteiger partial charge in [0, 0.05) is 52.2 Å². The number of imidazole rings is 1. The van der Waals surface area contributed by atoms with Gasteiger partial charge < -0.3 is 0 Å². The van der Waals surface area contributed by atoms with Crippen LogP contribution in [0, 0.1) is 0 Å². The molecule has 6 heteroatoms. The Morgan fingerprint density at radius 3 is 2.28 bits per heavy atom. The first-order valence-corrected chi connectivity index (χ1v) is 8.70. The number of fused-ring (bicyclic) bond motifs is 1. The molecule has 0 unspecified atom stereocenters. The number of rotatable bonds is 4. The van der Waals surface area contributed by atoms with Gasteiger partial charge >= 0.3 is 5.69 Å². The van der Waals surface area contributed by atoms with Crippen LogP contribution < -0.4 is 5.69 Å². The highest BCUT2D eigenvalue weighted by atomic mass is 16.1. The van der Waals surface area contributed by atoms with Gasteiger partial charge in [0.2, 0.25) is 0 Å². The number of nitrogens with zero attached hydrogens (tertiary/aromatic N) is 5. The van der Waals surface area contributed by atoms with Crippen molar-refractivity contribution in [1.82, 2.24) is 23.9 Å². The normalized spacial score (nSPS) is 16.5. The van der Waals surface area contributed by atoms with Crippen LogP contribution in [-0.2, 0) is 20.3 Å². The quantitative estimate of drug-likeness (QED) is 0.724. The van der Waals surface area contributed by atoms with Crippen LogP contribution in [0.5, 0.6) is 0 Å². The molecule has 4 rings (SSSR count). The highest BCUT2D eigenvalue weighted by Gasteiger charge is 2.19. The second-order valence-corrected chi connectivity index (χ2v) is 6.65. The Bertz CT molecular complexity index is 906. The number of pyridine rings is 1. The van der Waals surface area contributed by atoms with Crippen molar-refractivity contribution in [2.75, 3.05) is 26.2 Å². The van der Waals surface area contributed by atoms with Gasteiger partial charge in [-0.15, -0.1) is 0 Å². The average molecular weight is 337 g/mol. The molecule has 0 N–H and O–H groups in total. The van der Waals surface area contributed by atoms with E-state index in [0.717, 1.165) is 43.8 Å². The van der Waals surface area contributed by atoms with Crippen molar-refractivity contribution >= 4 is 11.0 Å². The Morgan fingerprint density at radius 2 is 1.56 bits per heavy atom. The van der Waals surface area contributed by atoms with Crippen molar-refractivity contribution in [3.8, 4) is 0 Å². The number of aromatic nitrogens is 3. The third-order valence-corrected chi connectivity index (χ3v) is 5.01. The summed E-state index contributed by atoms with van der Waals surface area (Å²) in [5.74, 6) is 0. The largest absolute Gasteiger partial charge is 0.329 e. The van der Waals surface area contributed by atoms with Crippen LogP contribution in [0.15, 0.2) is 53.6 Å². The minimum absolute atomic E-state index is 0.0559. The molecule has 1 aliphatic heterocycles. The number of aryl methyl sites for hydroxylation is 1. The Kier molecular flexibility index (Phi) is 4.38. The topological polar surface area (TPSA) is 46.3 Å². The first-order chi connectivity index (χ1) is 12.2. The van der Waals surface area contributed by atoms with Gasteiger partial charge in [0.15, 0.2) is 0 Å². The summed E-state index contributed by atoms with van der Waals surface area (Å²) >= 11 is 0. The van der Waals surface area contributed by atoms with Crippen LogP contribution in [0.25, 0.3) is 11.0 Å². The van der Waals surface area contributed by atoms with E-state index < -0.39 is 0 Å².